The Morgan fingerprint density at radius 1 is 0.708 bits per heavy atom. The second-order valence-electron chi connectivity index (χ2n) is 11.6. The molecule has 2 aromatic carbocycles. The van der Waals surface area contributed by atoms with Crippen molar-refractivity contribution >= 4 is 63.0 Å². The van der Waals surface area contributed by atoms with Gasteiger partial charge in [-0.05, 0) is 36.4 Å². The van der Waals surface area contributed by atoms with Gasteiger partial charge < -0.3 is 19.3 Å². The van der Waals surface area contributed by atoms with Crippen molar-refractivity contribution < 1.29 is 23.0 Å². The van der Waals surface area contributed by atoms with Crippen LogP contribution in [0, 0.1) is 11.6 Å². The van der Waals surface area contributed by atoms with E-state index in [4.69, 9.17) is 32.7 Å². The number of ketones is 1. The first-order valence-electron chi connectivity index (χ1n) is 15.7. The first-order chi connectivity index (χ1) is 23.4. The fraction of sp³-hybridized carbons (Fsp3) is 0.424. The lowest BCUT2D eigenvalue weighted by molar-refractivity contribution is -0.135. The van der Waals surface area contributed by atoms with Crippen molar-refractivity contribution in [3.05, 3.63) is 91.2 Å². The molecule has 4 heterocycles. The lowest BCUT2D eigenvalue weighted by Gasteiger charge is -2.43. The van der Waals surface area contributed by atoms with Crippen molar-refractivity contribution in [3.63, 3.8) is 0 Å². The van der Waals surface area contributed by atoms with Crippen LogP contribution < -0.4 is 9.80 Å². The van der Waals surface area contributed by atoms with E-state index < -0.39 is 12.1 Å². The monoisotopic (exact) mass is 736 g/mol. The number of ether oxygens (including phenoxy) is 2. The van der Waals surface area contributed by atoms with Crippen LogP contribution in [-0.4, -0.2) is 103 Å². The number of aromatic nitrogens is 2. The Balaban J connectivity index is 1.18. The lowest BCUT2D eigenvalue weighted by atomic mass is 10.0. The smallest absolute Gasteiger partial charge is 0.171 e. The van der Waals surface area contributed by atoms with Gasteiger partial charge in [-0.3, -0.25) is 24.6 Å². The second kappa shape index (κ2) is 16.8. The number of rotatable bonds is 14. The van der Waals surface area contributed by atoms with Crippen molar-refractivity contribution in [1.29, 1.82) is 0 Å². The number of piperazine rings is 2. The van der Waals surface area contributed by atoms with Crippen LogP contribution in [0.5, 0.6) is 0 Å². The van der Waals surface area contributed by atoms with E-state index >= 15 is 0 Å². The minimum absolute atomic E-state index is 0.0325. The first-order valence-corrected chi connectivity index (χ1v) is 18.2. The molecule has 15 heteroatoms. The van der Waals surface area contributed by atoms with Gasteiger partial charge in [0.05, 0.1) is 80.7 Å². The molecule has 0 radical (unpaired) electrons. The molecule has 0 N–H and O–H groups in total. The zero-order valence-electron chi connectivity index (χ0n) is 26.1. The van der Waals surface area contributed by atoms with E-state index in [1.807, 2.05) is 0 Å². The Kier molecular flexibility index (Phi) is 12.3. The van der Waals surface area contributed by atoms with Crippen LogP contribution in [0.25, 0.3) is 0 Å². The van der Waals surface area contributed by atoms with Crippen LogP contribution in [0.15, 0.2) is 59.8 Å². The topological polar surface area (TPSA) is 74.3 Å². The third-order valence-electron chi connectivity index (χ3n) is 8.67. The minimum atomic E-state index is -0.523. The van der Waals surface area contributed by atoms with E-state index in [1.54, 1.807) is 35.5 Å². The normalized spacial score (nSPS) is 17.5. The molecule has 2 saturated heterocycles. The molecule has 0 bridgehead atoms. The van der Waals surface area contributed by atoms with Gasteiger partial charge in [-0.25, -0.2) is 8.78 Å². The third kappa shape index (κ3) is 8.88. The van der Waals surface area contributed by atoms with Crippen molar-refractivity contribution in [3.8, 4) is 0 Å². The van der Waals surface area contributed by atoms with Crippen LogP contribution >= 0.6 is 45.9 Å². The lowest BCUT2D eigenvalue weighted by Crippen LogP contribution is -2.61. The molecule has 6 rings (SSSR count). The van der Waals surface area contributed by atoms with E-state index in [9.17, 15) is 13.6 Å². The van der Waals surface area contributed by atoms with Gasteiger partial charge in [0.1, 0.15) is 11.6 Å². The number of hydrogen-bond acceptors (Lipinski definition) is 11. The molecule has 0 aliphatic carbocycles. The summed E-state index contributed by atoms with van der Waals surface area (Å²) < 4.78 is 39.8. The molecule has 2 aliphatic rings. The fourth-order valence-corrected chi connectivity index (χ4v) is 7.78. The minimum Gasteiger partial charge on any atom is -0.374 e. The average molecular weight is 738 g/mol. The zero-order chi connectivity index (χ0) is 33.5. The summed E-state index contributed by atoms with van der Waals surface area (Å²) in [6.45, 7) is 6.02. The van der Waals surface area contributed by atoms with E-state index in [2.05, 4.69) is 29.6 Å². The van der Waals surface area contributed by atoms with E-state index in [0.717, 1.165) is 21.1 Å². The number of thiazole rings is 2. The number of Topliss-reactive ketones (excluding diaryl/α,β-unsaturated/α-hetero) is 1. The number of nitrogens with zero attached hydrogens (tertiary/aromatic N) is 6. The van der Waals surface area contributed by atoms with Crippen LogP contribution in [0.1, 0.15) is 9.75 Å². The van der Waals surface area contributed by atoms with Gasteiger partial charge in [0, 0.05) is 64.8 Å². The molecule has 2 unspecified atom stereocenters. The third-order valence-corrected chi connectivity index (χ3v) is 10.8. The number of halogens is 4. The Labute approximate surface area is 296 Å². The van der Waals surface area contributed by atoms with E-state index in [1.165, 1.54) is 46.9 Å². The van der Waals surface area contributed by atoms with Crippen LogP contribution in [0.2, 0.25) is 10.0 Å². The number of carbonyl (C=O) groups is 1. The molecule has 2 fully saturated rings. The average Bonchev–Trinajstić information content (AvgIpc) is 3.81. The quantitative estimate of drug-likeness (QED) is 0.158. The standard InChI is InChI=1S/C33H36Cl2F2N6O3S2/c34-27-13-23(36)1-3-29(27)40-5-9-42(10-6-40)31(19-45-17-25-15-38-21-47-25)33(44)32(20-46-18-26-16-39-22-48-26)43-11-7-41(8-12-43)30-4-2-24(37)14-28(30)35/h1-4,13-16,21-22,31-32H,5-12,17-20H2. The molecule has 0 spiro atoms. The Morgan fingerprint density at radius 2 is 1.12 bits per heavy atom. The zero-order valence-corrected chi connectivity index (χ0v) is 29.3. The highest BCUT2D eigenvalue weighted by Crippen LogP contribution is 2.30. The second-order valence-corrected chi connectivity index (χ2v) is 14.4. The Bertz CT molecular complexity index is 1500. The molecular weight excluding hydrogens is 701 g/mol. The fourth-order valence-electron chi connectivity index (χ4n) is 6.15. The number of carbonyl (C=O) groups excluding carboxylic acids is 1. The Morgan fingerprint density at radius 3 is 1.48 bits per heavy atom. The van der Waals surface area contributed by atoms with Gasteiger partial charge in [-0.15, -0.1) is 22.7 Å². The van der Waals surface area contributed by atoms with Crippen molar-refractivity contribution in [1.82, 2.24) is 19.8 Å². The molecule has 48 heavy (non-hydrogen) atoms. The maximum Gasteiger partial charge on any atom is 0.171 e. The highest BCUT2D eigenvalue weighted by atomic mass is 35.5. The van der Waals surface area contributed by atoms with E-state index in [-0.39, 0.29) is 30.6 Å². The van der Waals surface area contributed by atoms with Crippen LogP contribution in [0.4, 0.5) is 20.2 Å². The molecule has 9 nitrogen and oxygen atoms in total. The number of anilines is 2. The van der Waals surface area contributed by atoms with Gasteiger partial charge in [0.15, 0.2) is 5.78 Å². The predicted octanol–water partition coefficient (Wildman–Crippen LogP) is 5.87. The molecule has 2 atom stereocenters. The van der Waals surface area contributed by atoms with Crippen molar-refractivity contribution in [2.24, 2.45) is 0 Å². The molecule has 256 valence electrons. The highest BCUT2D eigenvalue weighted by Gasteiger charge is 2.38. The van der Waals surface area contributed by atoms with Gasteiger partial charge in [-0.2, -0.15) is 0 Å². The van der Waals surface area contributed by atoms with Crippen LogP contribution in [0.3, 0.4) is 0 Å². The van der Waals surface area contributed by atoms with Gasteiger partial charge >= 0.3 is 0 Å². The Hall–Kier alpha value is -2.75. The largest absolute Gasteiger partial charge is 0.374 e. The summed E-state index contributed by atoms with van der Waals surface area (Å²) in [7, 11) is 0. The molecule has 4 aromatic rings. The van der Waals surface area contributed by atoms with Crippen molar-refractivity contribution in [2.45, 2.75) is 25.3 Å². The molecule has 0 amide bonds. The van der Waals surface area contributed by atoms with Gasteiger partial charge in [0.2, 0.25) is 0 Å². The maximum absolute atomic E-state index is 14.7. The molecule has 0 saturated carbocycles. The van der Waals surface area contributed by atoms with Crippen molar-refractivity contribution in [2.75, 3.05) is 75.4 Å². The summed E-state index contributed by atoms with van der Waals surface area (Å²) in [5.74, 6) is -0.724. The molecular formula is C33H36Cl2F2N6O3S2. The summed E-state index contributed by atoms with van der Waals surface area (Å²) >= 11 is 15.8. The van der Waals surface area contributed by atoms with E-state index in [0.29, 0.717) is 75.6 Å². The number of benzene rings is 2. The maximum atomic E-state index is 14.7. The van der Waals surface area contributed by atoms with Gasteiger partial charge in [-0.1, -0.05) is 23.2 Å². The SMILES string of the molecule is O=C(C(COCc1cncs1)N1CCN(c2ccc(F)cc2Cl)CC1)C(COCc1cncs1)N1CCN(c2ccc(F)cc2Cl)CC1. The molecule has 2 aliphatic heterocycles. The summed E-state index contributed by atoms with van der Waals surface area (Å²) in [6.07, 6.45) is 3.55. The van der Waals surface area contributed by atoms with Gasteiger partial charge in [0.25, 0.3) is 0 Å². The number of hydrogen-bond donors (Lipinski definition) is 0. The summed E-state index contributed by atoms with van der Waals surface area (Å²) in [5, 5.41) is 0.728. The van der Waals surface area contributed by atoms with Crippen LogP contribution in [-0.2, 0) is 27.5 Å². The highest BCUT2D eigenvalue weighted by molar-refractivity contribution is 7.09. The first kappa shape index (κ1) is 35.1. The summed E-state index contributed by atoms with van der Waals surface area (Å²) in [5.41, 5.74) is 5.07. The summed E-state index contributed by atoms with van der Waals surface area (Å²) in [6, 6.07) is 7.82. The predicted molar refractivity (Wildman–Crippen MR) is 187 cm³/mol. The summed E-state index contributed by atoms with van der Waals surface area (Å²) in [4.78, 5) is 33.5. The molecule has 2 aromatic heterocycles.